The minimum Gasteiger partial charge on any atom is -0.467 e. The van der Waals surface area contributed by atoms with E-state index < -0.39 is 0 Å². The first-order valence-electron chi connectivity index (χ1n) is 8.01. The van der Waals surface area contributed by atoms with E-state index in [9.17, 15) is 4.79 Å². The van der Waals surface area contributed by atoms with Crippen LogP contribution in [0.1, 0.15) is 33.1 Å². The Morgan fingerprint density at radius 2 is 1.92 bits per heavy atom. The Labute approximate surface area is 142 Å². The third-order valence-electron chi connectivity index (χ3n) is 4.24. The monoisotopic (exact) mass is 322 g/mol. The molecule has 24 heavy (non-hydrogen) atoms. The molecule has 0 fully saturated rings. The zero-order chi connectivity index (χ0) is 17.3. The van der Waals surface area contributed by atoms with Crippen LogP contribution in [0.2, 0.25) is 0 Å². The molecule has 0 spiro atoms. The second-order valence-electron chi connectivity index (χ2n) is 6.20. The van der Waals surface area contributed by atoms with Gasteiger partial charge in [-0.1, -0.05) is 12.1 Å². The first kappa shape index (κ1) is 16.1. The fraction of sp³-hybridized carbons (Fsp3) is 0.250. The van der Waals surface area contributed by atoms with Crippen molar-refractivity contribution in [3.63, 3.8) is 0 Å². The zero-order valence-electron chi connectivity index (χ0n) is 14.5. The lowest BCUT2D eigenvalue weighted by Gasteiger charge is -2.16. The highest BCUT2D eigenvalue weighted by molar-refractivity contribution is 5.95. The second kappa shape index (κ2) is 6.40. The highest BCUT2D eigenvalue weighted by Crippen LogP contribution is 2.23. The maximum absolute atomic E-state index is 12.8. The van der Waals surface area contributed by atoms with Crippen LogP contribution in [-0.2, 0) is 6.54 Å². The van der Waals surface area contributed by atoms with E-state index in [1.54, 1.807) is 18.2 Å². The minimum absolute atomic E-state index is 0.00148. The molecule has 1 aromatic carbocycles. The number of furan rings is 1. The molecule has 4 nitrogen and oxygen atoms in total. The molecule has 0 atom stereocenters. The first-order valence-corrected chi connectivity index (χ1v) is 8.01. The predicted octanol–water partition coefficient (Wildman–Crippen LogP) is 4.27. The van der Waals surface area contributed by atoms with E-state index >= 15 is 0 Å². The Morgan fingerprint density at radius 3 is 2.58 bits per heavy atom. The molecule has 0 radical (unpaired) electrons. The molecule has 0 unspecified atom stereocenters. The van der Waals surface area contributed by atoms with Crippen LogP contribution >= 0.6 is 0 Å². The van der Waals surface area contributed by atoms with E-state index in [4.69, 9.17) is 4.42 Å². The highest BCUT2D eigenvalue weighted by atomic mass is 16.3. The summed E-state index contributed by atoms with van der Waals surface area (Å²) >= 11 is 0. The van der Waals surface area contributed by atoms with E-state index in [0.717, 1.165) is 28.4 Å². The predicted molar refractivity (Wildman–Crippen MR) is 94.5 cm³/mol. The molecule has 2 heterocycles. The van der Waals surface area contributed by atoms with Crippen LogP contribution in [-0.4, -0.2) is 22.4 Å². The number of hydrogen-bond donors (Lipinski definition) is 0. The Balaban J connectivity index is 1.92. The fourth-order valence-electron chi connectivity index (χ4n) is 3.06. The Hall–Kier alpha value is -2.75. The van der Waals surface area contributed by atoms with Crippen molar-refractivity contribution >= 4 is 5.91 Å². The van der Waals surface area contributed by atoms with Crippen molar-refractivity contribution in [3.8, 4) is 5.69 Å². The van der Waals surface area contributed by atoms with Gasteiger partial charge in [0.25, 0.3) is 5.91 Å². The number of amides is 1. The smallest absolute Gasteiger partial charge is 0.255 e. The van der Waals surface area contributed by atoms with E-state index in [1.165, 1.54) is 5.56 Å². The number of carbonyl (C=O) groups is 1. The molecule has 0 saturated heterocycles. The van der Waals surface area contributed by atoms with Gasteiger partial charge in [-0.25, -0.2) is 0 Å². The highest BCUT2D eigenvalue weighted by Gasteiger charge is 2.20. The minimum atomic E-state index is -0.00148. The third-order valence-corrected chi connectivity index (χ3v) is 4.24. The normalized spacial score (nSPS) is 10.8. The molecule has 0 aliphatic rings. The van der Waals surface area contributed by atoms with Gasteiger partial charge in [0, 0.05) is 24.1 Å². The van der Waals surface area contributed by atoms with Gasteiger partial charge in [0.15, 0.2) is 0 Å². The van der Waals surface area contributed by atoms with Crippen molar-refractivity contribution in [2.24, 2.45) is 0 Å². The van der Waals surface area contributed by atoms with E-state index in [2.05, 4.69) is 29.7 Å². The standard InChI is InChI=1S/C20H22N2O2/c1-14-7-5-8-17(11-14)22-15(2)12-19(16(22)3)20(23)21(4)13-18-9-6-10-24-18/h5-12H,13H2,1-4H3. The van der Waals surface area contributed by atoms with Crippen LogP contribution in [0.4, 0.5) is 0 Å². The topological polar surface area (TPSA) is 38.4 Å². The molecule has 3 aromatic rings. The number of benzene rings is 1. The number of hydrogen-bond acceptors (Lipinski definition) is 2. The molecular weight excluding hydrogens is 300 g/mol. The number of rotatable bonds is 4. The van der Waals surface area contributed by atoms with E-state index in [1.807, 2.05) is 38.1 Å². The van der Waals surface area contributed by atoms with Gasteiger partial charge in [-0.05, 0) is 56.7 Å². The summed E-state index contributed by atoms with van der Waals surface area (Å²) in [4.78, 5) is 14.5. The lowest BCUT2D eigenvalue weighted by atomic mass is 10.2. The van der Waals surface area contributed by atoms with E-state index in [0.29, 0.717) is 6.54 Å². The summed E-state index contributed by atoms with van der Waals surface area (Å²) < 4.78 is 7.46. The maximum atomic E-state index is 12.8. The Morgan fingerprint density at radius 1 is 1.12 bits per heavy atom. The van der Waals surface area contributed by atoms with Crippen molar-refractivity contribution < 1.29 is 9.21 Å². The SMILES string of the molecule is Cc1cccc(-n2c(C)cc(C(=O)N(C)Cc3ccco3)c2C)c1. The van der Waals surface area contributed by atoms with Crippen LogP contribution in [0.15, 0.2) is 53.1 Å². The summed E-state index contributed by atoms with van der Waals surface area (Å²) in [6.07, 6.45) is 1.62. The summed E-state index contributed by atoms with van der Waals surface area (Å²) in [5.74, 6) is 0.775. The first-order chi connectivity index (χ1) is 11.5. The van der Waals surface area contributed by atoms with Gasteiger partial charge in [-0.2, -0.15) is 0 Å². The number of aryl methyl sites for hydroxylation is 2. The van der Waals surface area contributed by atoms with Gasteiger partial charge in [0.2, 0.25) is 0 Å². The lowest BCUT2D eigenvalue weighted by molar-refractivity contribution is 0.0775. The van der Waals surface area contributed by atoms with Crippen LogP contribution in [0.5, 0.6) is 0 Å². The summed E-state index contributed by atoms with van der Waals surface area (Å²) in [6.45, 7) is 6.54. The summed E-state index contributed by atoms with van der Waals surface area (Å²) in [5, 5.41) is 0. The van der Waals surface area contributed by atoms with Crippen LogP contribution in [0, 0.1) is 20.8 Å². The molecule has 3 rings (SSSR count). The average Bonchev–Trinajstić information content (AvgIpc) is 3.14. The second-order valence-corrected chi connectivity index (χ2v) is 6.20. The number of nitrogens with zero attached hydrogens (tertiary/aromatic N) is 2. The van der Waals surface area contributed by atoms with Crippen molar-refractivity contribution in [2.75, 3.05) is 7.05 Å². The molecule has 0 bridgehead atoms. The quantitative estimate of drug-likeness (QED) is 0.719. The average molecular weight is 322 g/mol. The fourth-order valence-corrected chi connectivity index (χ4v) is 3.06. The molecule has 0 N–H and O–H groups in total. The van der Waals surface area contributed by atoms with Crippen molar-refractivity contribution in [1.29, 1.82) is 0 Å². The maximum Gasteiger partial charge on any atom is 0.255 e. The van der Waals surface area contributed by atoms with Gasteiger partial charge in [-0.3, -0.25) is 4.79 Å². The van der Waals surface area contributed by atoms with Gasteiger partial charge in [0.05, 0.1) is 18.4 Å². The molecular formula is C20H22N2O2. The van der Waals surface area contributed by atoms with Gasteiger partial charge in [-0.15, -0.1) is 0 Å². The van der Waals surface area contributed by atoms with Gasteiger partial charge in [0.1, 0.15) is 5.76 Å². The molecule has 1 amide bonds. The Kier molecular flexibility index (Phi) is 4.30. The van der Waals surface area contributed by atoms with Crippen molar-refractivity contribution in [3.05, 3.63) is 77.0 Å². The Bertz CT molecular complexity index is 860. The lowest BCUT2D eigenvalue weighted by Crippen LogP contribution is -2.26. The summed E-state index contributed by atoms with van der Waals surface area (Å²) in [5.41, 5.74) is 5.01. The third kappa shape index (κ3) is 3.00. The van der Waals surface area contributed by atoms with Crippen LogP contribution in [0.25, 0.3) is 5.69 Å². The molecule has 124 valence electrons. The molecule has 0 saturated carbocycles. The summed E-state index contributed by atoms with van der Waals surface area (Å²) in [6, 6.07) is 14.0. The number of carbonyl (C=O) groups excluding carboxylic acids is 1. The van der Waals surface area contributed by atoms with Crippen molar-refractivity contribution in [1.82, 2.24) is 9.47 Å². The molecule has 4 heteroatoms. The number of aromatic nitrogens is 1. The van der Waals surface area contributed by atoms with Crippen LogP contribution in [0.3, 0.4) is 0 Å². The largest absolute Gasteiger partial charge is 0.467 e. The van der Waals surface area contributed by atoms with Crippen LogP contribution < -0.4 is 0 Å². The molecule has 2 aromatic heterocycles. The zero-order valence-corrected chi connectivity index (χ0v) is 14.5. The van der Waals surface area contributed by atoms with E-state index in [-0.39, 0.29) is 5.91 Å². The van der Waals surface area contributed by atoms with Gasteiger partial charge >= 0.3 is 0 Å². The van der Waals surface area contributed by atoms with Crippen molar-refractivity contribution in [2.45, 2.75) is 27.3 Å². The molecule has 0 aliphatic carbocycles. The summed E-state index contributed by atoms with van der Waals surface area (Å²) in [7, 11) is 1.80. The molecule has 0 aliphatic heterocycles. The van der Waals surface area contributed by atoms with Gasteiger partial charge < -0.3 is 13.9 Å².